The highest BCUT2D eigenvalue weighted by atomic mass is 32.1. The van der Waals surface area contributed by atoms with E-state index in [2.05, 4.69) is 50.7 Å². The Labute approximate surface area is 236 Å². The van der Waals surface area contributed by atoms with Crippen LogP contribution in [0.2, 0.25) is 0 Å². The van der Waals surface area contributed by atoms with Crippen LogP contribution in [0, 0.1) is 0 Å². The zero-order chi connectivity index (χ0) is 27.4. The molecule has 0 bridgehead atoms. The van der Waals surface area contributed by atoms with Gasteiger partial charge in [0.25, 0.3) is 0 Å². The van der Waals surface area contributed by atoms with Gasteiger partial charge in [-0.25, -0.2) is 0 Å². The summed E-state index contributed by atoms with van der Waals surface area (Å²) in [7, 11) is 0. The second-order valence-electron chi connectivity index (χ2n) is 9.18. The lowest BCUT2D eigenvalue weighted by Gasteiger charge is -2.07. The first kappa shape index (κ1) is 26.7. The van der Waals surface area contributed by atoms with Gasteiger partial charge in [0.2, 0.25) is 5.43 Å². The molecule has 39 heavy (non-hydrogen) atoms. The third kappa shape index (κ3) is 5.75. The van der Waals surface area contributed by atoms with E-state index in [1.165, 1.54) is 11.1 Å². The summed E-state index contributed by atoms with van der Waals surface area (Å²) in [5.41, 5.74) is 5.15. The summed E-state index contributed by atoms with van der Waals surface area (Å²) in [5.74, 6) is 0.527. The molecule has 0 aliphatic carbocycles. The Kier molecular flexibility index (Phi) is 8.10. The van der Waals surface area contributed by atoms with Crippen molar-refractivity contribution in [2.45, 2.75) is 31.6 Å². The molecule has 3 nitrogen and oxygen atoms in total. The van der Waals surface area contributed by atoms with E-state index in [4.69, 9.17) is 4.42 Å². The fourth-order valence-electron chi connectivity index (χ4n) is 4.37. The highest BCUT2D eigenvalue weighted by Gasteiger charge is 2.13. The standard InChI is InChI=1S/C17H14O2S.C17H14OS/c1-2-11-7-9-12(10-8-11)16-17(20)15(18)13-5-3-4-6-14(13)19-16;1-2-12-7-9-13(10-8-12)17-11-15(18)14-5-3-4-6-16(14)19-17/h3-10,20H,2H2,1H3;3-11H,2H2,1H3. The Morgan fingerprint density at radius 2 is 1.26 bits per heavy atom. The van der Waals surface area contributed by atoms with E-state index in [0.717, 1.165) is 38.9 Å². The van der Waals surface area contributed by atoms with Crippen LogP contribution in [0.15, 0.2) is 122 Å². The first-order chi connectivity index (χ1) is 19.0. The molecule has 0 saturated carbocycles. The lowest BCUT2D eigenvalue weighted by atomic mass is 10.1. The van der Waals surface area contributed by atoms with E-state index in [1.54, 1.807) is 29.5 Å². The highest BCUT2D eigenvalue weighted by Crippen LogP contribution is 2.29. The van der Waals surface area contributed by atoms with E-state index < -0.39 is 0 Å². The quantitative estimate of drug-likeness (QED) is 0.224. The fraction of sp³-hybridized carbons (Fsp3) is 0.118. The van der Waals surface area contributed by atoms with E-state index >= 15 is 0 Å². The van der Waals surface area contributed by atoms with Gasteiger partial charge in [0.05, 0.1) is 10.3 Å². The minimum Gasteiger partial charge on any atom is -0.455 e. The van der Waals surface area contributed by atoms with Gasteiger partial charge in [-0.2, -0.15) is 0 Å². The van der Waals surface area contributed by atoms with Gasteiger partial charge in [0, 0.05) is 26.6 Å². The van der Waals surface area contributed by atoms with Crippen molar-refractivity contribution in [3.05, 3.63) is 135 Å². The zero-order valence-electron chi connectivity index (χ0n) is 21.8. The number of rotatable bonds is 4. The summed E-state index contributed by atoms with van der Waals surface area (Å²) in [6.07, 6.45) is 2.02. The van der Waals surface area contributed by atoms with Gasteiger partial charge in [0.1, 0.15) is 5.58 Å². The van der Waals surface area contributed by atoms with Gasteiger partial charge < -0.3 is 4.42 Å². The molecule has 0 atom stereocenters. The van der Waals surface area contributed by atoms with Crippen LogP contribution in [0.5, 0.6) is 0 Å². The van der Waals surface area contributed by atoms with Gasteiger partial charge in [-0.15, -0.1) is 24.0 Å². The van der Waals surface area contributed by atoms with Crippen molar-refractivity contribution in [2.24, 2.45) is 0 Å². The van der Waals surface area contributed by atoms with Crippen LogP contribution >= 0.6 is 24.0 Å². The molecule has 0 spiro atoms. The molecule has 0 aliphatic heterocycles. The maximum absolute atomic E-state index is 12.3. The number of hydrogen-bond acceptors (Lipinski definition) is 5. The molecule has 0 radical (unpaired) electrons. The number of thiol groups is 1. The van der Waals surface area contributed by atoms with Crippen LogP contribution in [-0.2, 0) is 12.8 Å². The summed E-state index contributed by atoms with van der Waals surface area (Å²) < 4.78 is 6.90. The summed E-state index contributed by atoms with van der Waals surface area (Å²) in [6.45, 7) is 4.25. The molecule has 0 amide bonds. The van der Waals surface area contributed by atoms with E-state index in [-0.39, 0.29) is 10.9 Å². The van der Waals surface area contributed by atoms with Crippen molar-refractivity contribution in [1.29, 1.82) is 0 Å². The summed E-state index contributed by atoms with van der Waals surface area (Å²) in [5, 5.41) is 1.37. The lowest BCUT2D eigenvalue weighted by Crippen LogP contribution is -2.04. The van der Waals surface area contributed by atoms with Gasteiger partial charge in [-0.05, 0) is 53.8 Å². The van der Waals surface area contributed by atoms with Crippen LogP contribution in [0.4, 0.5) is 0 Å². The minimum absolute atomic E-state index is 0.0928. The van der Waals surface area contributed by atoms with Crippen LogP contribution in [0.1, 0.15) is 25.0 Å². The maximum Gasteiger partial charge on any atom is 0.206 e. The largest absolute Gasteiger partial charge is 0.455 e. The normalized spacial score (nSPS) is 10.8. The SMILES string of the molecule is CCc1ccc(-c2cc(=O)c3ccccc3s2)cc1.CCc1ccc(-c2oc3ccccc3c(=O)c2S)cc1. The predicted molar refractivity (Wildman–Crippen MR) is 167 cm³/mol. The number of benzene rings is 4. The Hall–Kier alpha value is -3.93. The molecule has 6 aromatic rings. The third-order valence-electron chi connectivity index (χ3n) is 6.68. The number of para-hydroxylation sites is 1. The average Bonchev–Trinajstić information content (AvgIpc) is 2.99. The van der Waals surface area contributed by atoms with Crippen LogP contribution in [0.25, 0.3) is 42.8 Å². The lowest BCUT2D eigenvalue weighted by molar-refractivity contribution is 0.605. The monoisotopic (exact) mass is 548 g/mol. The highest BCUT2D eigenvalue weighted by molar-refractivity contribution is 7.80. The minimum atomic E-state index is -0.0928. The van der Waals surface area contributed by atoms with Crippen LogP contribution < -0.4 is 10.9 Å². The van der Waals surface area contributed by atoms with Gasteiger partial charge in [-0.3, -0.25) is 9.59 Å². The summed E-state index contributed by atoms with van der Waals surface area (Å²) in [4.78, 5) is 25.8. The molecule has 0 unspecified atom stereocenters. The second-order valence-corrected chi connectivity index (χ2v) is 10.7. The smallest absolute Gasteiger partial charge is 0.206 e. The Morgan fingerprint density at radius 3 is 1.90 bits per heavy atom. The summed E-state index contributed by atoms with van der Waals surface area (Å²) in [6, 6.07) is 33.2. The van der Waals surface area contributed by atoms with Crippen molar-refractivity contribution in [2.75, 3.05) is 0 Å². The van der Waals surface area contributed by atoms with Gasteiger partial charge in [-0.1, -0.05) is 86.6 Å². The number of fused-ring (bicyclic) bond motifs is 2. The molecule has 6 rings (SSSR count). The fourth-order valence-corrected chi connectivity index (χ4v) is 5.75. The molecule has 0 N–H and O–H groups in total. The predicted octanol–water partition coefficient (Wildman–Crippen LogP) is 8.80. The summed E-state index contributed by atoms with van der Waals surface area (Å²) >= 11 is 6.01. The molecular weight excluding hydrogens is 521 g/mol. The first-order valence-corrected chi connectivity index (χ1v) is 14.2. The molecule has 2 aromatic heterocycles. The Morgan fingerprint density at radius 1 is 0.692 bits per heavy atom. The molecule has 194 valence electrons. The molecule has 4 aromatic carbocycles. The zero-order valence-corrected chi connectivity index (χ0v) is 23.5. The third-order valence-corrected chi connectivity index (χ3v) is 8.24. The topological polar surface area (TPSA) is 47.3 Å². The maximum atomic E-state index is 12.3. The van der Waals surface area contributed by atoms with E-state index in [1.807, 2.05) is 60.7 Å². The first-order valence-electron chi connectivity index (χ1n) is 12.9. The molecule has 5 heteroatoms. The average molecular weight is 549 g/mol. The van der Waals surface area contributed by atoms with Gasteiger partial charge >= 0.3 is 0 Å². The van der Waals surface area contributed by atoms with Crippen molar-refractivity contribution in [3.8, 4) is 21.8 Å². The molecule has 0 aliphatic rings. The van der Waals surface area contributed by atoms with Crippen LogP contribution in [-0.4, -0.2) is 0 Å². The van der Waals surface area contributed by atoms with Crippen molar-refractivity contribution < 1.29 is 4.42 Å². The number of aryl methyl sites for hydroxylation is 2. The van der Waals surface area contributed by atoms with Gasteiger partial charge in [0.15, 0.2) is 11.2 Å². The number of hydrogen-bond donors (Lipinski definition) is 1. The molecular formula is C34H28O3S2. The van der Waals surface area contributed by atoms with Crippen molar-refractivity contribution in [1.82, 2.24) is 0 Å². The van der Waals surface area contributed by atoms with E-state index in [0.29, 0.717) is 21.6 Å². The Bertz CT molecular complexity index is 1870. The molecule has 2 heterocycles. The van der Waals surface area contributed by atoms with Crippen LogP contribution in [0.3, 0.4) is 0 Å². The molecule has 0 saturated heterocycles. The molecule has 0 fully saturated rings. The second kappa shape index (κ2) is 11.9. The van der Waals surface area contributed by atoms with Crippen molar-refractivity contribution >= 4 is 45.0 Å². The van der Waals surface area contributed by atoms with E-state index in [9.17, 15) is 9.59 Å². The Balaban J connectivity index is 0.000000158. The van der Waals surface area contributed by atoms with Crippen molar-refractivity contribution in [3.63, 3.8) is 0 Å².